The molecule has 0 unspecified atom stereocenters. The number of carbonyl (C=O) groups is 2. The number of aromatic nitrogens is 4. The summed E-state index contributed by atoms with van der Waals surface area (Å²) in [5, 5.41) is 0.480. The summed E-state index contributed by atoms with van der Waals surface area (Å²) in [6, 6.07) is 3.29. The highest BCUT2D eigenvalue weighted by Crippen LogP contribution is 2.21. The summed E-state index contributed by atoms with van der Waals surface area (Å²) in [7, 11) is 4.66. The van der Waals surface area contributed by atoms with Gasteiger partial charge in [0.15, 0.2) is 22.1 Å². The second-order valence-corrected chi connectivity index (χ2v) is 8.21. The molecule has 0 N–H and O–H groups in total. The quantitative estimate of drug-likeness (QED) is 0.503. The molecule has 0 bridgehead atoms. The highest BCUT2D eigenvalue weighted by Gasteiger charge is 2.26. The molecule has 1 fully saturated rings. The highest BCUT2D eigenvalue weighted by atomic mass is 32.2. The van der Waals surface area contributed by atoms with E-state index in [2.05, 4.69) is 4.98 Å². The first-order chi connectivity index (χ1) is 14.8. The van der Waals surface area contributed by atoms with E-state index < -0.39 is 11.2 Å². The first-order valence-corrected chi connectivity index (χ1v) is 10.6. The SMILES string of the molecule is Cn1c(=O)c2c(nc(SCC(=O)N3CCN(C(=O)c4ccco4)CC3)n2C)n(C)c1=O. The molecular formula is C19H22N6O5S. The Morgan fingerprint density at radius 3 is 2.35 bits per heavy atom. The van der Waals surface area contributed by atoms with E-state index in [9.17, 15) is 19.2 Å². The number of imidazole rings is 1. The summed E-state index contributed by atoms with van der Waals surface area (Å²) in [6.45, 7) is 1.73. The minimum absolute atomic E-state index is 0.0797. The van der Waals surface area contributed by atoms with E-state index in [0.717, 1.165) is 4.57 Å². The first-order valence-electron chi connectivity index (χ1n) is 9.65. The zero-order chi connectivity index (χ0) is 22.3. The van der Waals surface area contributed by atoms with Crippen molar-refractivity contribution in [3.05, 3.63) is 45.0 Å². The fraction of sp³-hybridized carbons (Fsp3) is 0.421. The first kappa shape index (κ1) is 21.0. The van der Waals surface area contributed by atoms with Crippen LogP contribution in [-0.4, -0.2) is 72.2 Å². The molecule has 4 heterocycles. The number of aryl methyl sites for hydroxylation is 2. The molecule has 0 atom stereocenters. The Bertz CT molecular complexity index is 1260. The van der Waals surface area contributed by atoms with Crippen molar-refractivity contribution < 1.29 is 14.0 Å². The smallest absolute Gasteiger partial charge is 0.332 e. The van der Waals surface area contributed by atoms with Gasteiger partial charge in [0.2, 0.25) is 5.91 Å². The third-order valence-corrected chi connectivity index (χ3v) is 6.43. The molecule has 164 valence electrons. The van der Waals surface area contributed by atoms with Gasteiger partial charge in [0.25, 0.3) is 11.5 Å². The second kappa shape index (κ2) is 8.10. The molecule has 2 amide bonds. The van der Waals surface area contributed by atoms with Crippen LogP contribution in [-0.2, 0) is 25.9 Å². The van der Waals surface area contributed by atoms with Crippen LogP contribution in [0.2, 0.25) is 0 Å². The minimum Gasteiger partial charge on any atom is -0.459 e. The molecular weight excluding hydrogens is 424 g/mol. The van der Waals surface area contributed by atoms with Crippen molar-refractivity contribution in [2.75, 3.05) is 31.9 Å². The molecule has 0 aliphatic carbocycles. The topological polar surface area (TPSA) is 116 Å². The molecule has 1 saturated heterocycles. The number of furan rings is 1. The van der Waals surface area contributed by atoms with Crippen LogP contribution in [0.4, 0.5) is 0 Å². The van der Waals surface area contributed by atoms with Crippen molar-refractivity contribution in [2.24, 2.45) is 21.1 Å². The molecule has 3 aromatic rings. The Morgan fingerprint density at radius 2 is 1.71 bits per heavy atom. The van der Waals surface area contributed by atoms with E-state index in [1.165, 1.54) is 29.6 Å². The summed E-state index contributed by atoms with van der Waals surface area (Å²) in [4.78, 5) is 57.4. The van der Waals surface area contributed by atoms with Crippen LogP contribution in [0.15, 0.2) is 37.6 Å². The standard InChI is InChI=1S/C19H22N6O5S/c1-21-14-15(22(2)19(29)23(3)17(14)28)20-18(21)31-11-13(26)24-6-8-25(9-7-24)16(27)12-5-4-10-30-12/h4-5,10H,6-9,11H2,1-3H3. The average Bonchev–Trinajstić information content (AvgIpc) is 3.43. The van der Waals surface area contributed by atoms with Crippen molar-refractivity contribution in [1.29, 1.82) is 0 Å². The Morgan fingerprint density at radius 1 is 1.03 bits per heavy atom. The predicted octanol–water partition coefficient (Wildman–Crippen LogP) is -0.360. The van der Waals surface area contributed by atoms with Gasteiger partial charge in [0, 0.05) is 47.3 Å². The maximum absolute atomic E-state index is 12.7. The maximum atomic E-state index is 12.7. The Balaban J connectivity index is 1.41. The molecule has 1 aliphatic rings. The van der Waals surface area contributed by atoms with Crippen molar-refractivity contribution in [3.63, 3.8) is 0 Å². The van der Waals surface area contributed by atoms with Crippen molar-refractivity contribution in [1.82, 2.24) is 28.5 Å². The molecule has 0 spiro atoms. The Labute approximate surface area is 180 Å². The molecule has 11 nitrogen and oxygen atoms in total. The third-order valence-electron chi connectivity index (χ3n) is 5.41. The number of piperazine rings is 1. The summed E-state index contributed by atoms with van der Waals surface area (Å²) >= 11 is 1.21. The Hall–Kier alpha value is -3.28. The predicted molar refractivity (Wildman–Crippen MR) is 113 cm³/mol. The molecule has 0 aromatic carbocycles. The van der Waals surface area contributed by atoms with Crippen molar-refractivity contribution >= 4 is 34.7 Å². The third kappa shape index (κ3) is 3.67. The van der Waals surface area contributed by atoms with Crippen LogP contribution in [0.5, 0.6) is 0 Å². The van der Waals surface area contributed by atoms with Gasteiger partial charge in [0.05, 0.1) is 12.0 Å². The lowest BCUT2D eigenvalue weighted by Gasteiger charge is -2.34. The number of carbonyl (C=O) groups excluding carboxylic acids is 2. The van der Waals surface area contributed by atoms with Crippen molar-refractivity contribution in [2.45, 2.75) is 5.16 Å². The maximum Gasteiger partial charge on any atom is 0.332 e. The zero-order valence-corrected chi connectivity index (χ0v) is 18.2. The van der Waals surface area contributed by atoms with Crippen LogP contribution in [0.1, 0.15) is 10.6 Å². The van der Waals surface area contributed by atoms with E-state index in [-0.39, 0.29) is 29.0 Å². The van der Waals surface area contributed by atoms with Gasteiger partial charge in [-0.1, -0.05) is 11.8 Å². The molecule has 3 aromatic heterocycles. The number of hydrogen-bond donors (Lipinski definition) is 0. The largest absolute Gasteiger partial charge is 0.459 e. The summed E-state index contributed by atoms with van der Waals surface area (Å²) in [5.74, 6) is 0.164. The van der Waals surface area contributed by atoms with E-state index in [0.29, 0.717) is 36.9 Å². The lowest BCUT2D eigenvalue weighted by Crippen LogP contribution is -2.51. The fourth-order valence-electron chi connectivity index (χ4n) is 3.56. The monoisotopic (exact) mass is 446 g/mol. The normalized spacial score (nSPS) is 14.4. The van der Waals surface area contributed by atoms with Crippen molar-refractivity contribution in [3.8, 4) is 0 Å². The van der Waals surface area contributed by atoms with Gasteiger partial charge in [-0.05, 0) is 12.1 Å². The van der Waals surface area contributed by atoms with E-state index in [4.69, 9.17) is 4.42 Å². The van der Waals surface area contributed by atoms with Gasteiger partial charge < -0.3 is 18.8 Å². The highest BCUT2D eigenvalue weighted by molar-refractivity contribution is 7.99. The Kier molecular flexibility index (Phi) is 5.48. The fourth-order valence-corrected chi connectivity index (χ4v) is 4.43. The number of rotatable bonds is 4. The van der Waals surface area contributed by atoms with Gasteiger partial charge in [0.1, 0.15) is 0 Å². The number of nitrogens with zero attached hydrogens (tertiary/aromatic N) is 6. The van der Waals surface area contributed by atoms with Crippen LogP contribution >= 0.6 is 11.8 Å². The van der Waals surface area contributed by atoms with Gasteiger partial charge in [-0.3, -0.25) is 23.5 Å². The van der Waals surface area contributed by atoms with E-state index in [1.807, 2.05) is 0 Å². The van der Waals surface area contributed by atoms with Crippen LogP contribution in [0.3, 0.4) is 0 Å². The summed E-state index contributed by atoms with van der Waals surface area (Å²) < 4.78 is 9.11. The van der Waals surface area contributed by atoms with Gasteiger partial charge >= 0.3 is 5.69 Å². The van der Waals surface area contributed by atoms with Gasteiger partial charge in [-0.25, -0.2) is 9.78 Å². The van der Waals surface area contributed by atoms with Crippen LogP contribution in [0, 0.1) is 0 Å². The van der Waals surface area contributed by atoms with E-state index in [1.54, 1.807) is 40.6 Å². The lowest BCUT2D eigenvalue weighted by atomic mass is 10.3. The molecule has 12 heteroatoms. The van der Waals surface area contributed by atoms with Crippen LogP contribution in [0.25, 0.3) is 11.2 Å². The summed E-state index contributed by atoms with van der Waals surface area (Å²) in [6.07, 6.45) is 1.46. The zero-order valence-electron chi connectivity index (χ0n) is 17.4. The number of hydrogen-bond acceptors (Lipinski definition) is 7. The van der Waals surface area contributed by atoms with Crippen LogP contribution < -0.4 is 11.2 Å². The second-order valence-electron chi connectivity index (χ2n) is 7.27. The minimum atomic E-state index is -0.454. The molecule has 4 rings (SSSR count). The number of fused-ring (bicyclic) bond motifs is 1. The van der Waals surface area contributed by atoms with Gasteiger partial charge in [-0.2, -0.15) is 0 Å². The summed E-state index contributed by atoms with van der Waals surface area (Å²) in [5.41, 5.74) is -0.283. The average molecular weight is 446 g/mol. The number of amides is 2. The van der Waals surface area contributed by atoms with Gasteiger partial charge in [-0.15, -0.1) is 0 Å². The number of thioether (sulfide) groups is 1. The molecule has 31 heavy (non-hydrogen) atoms. The molecule has 1 aliphatic heterocycles. The van der Waals surface area contributed by atoms with E-state index >= 15 is 0 Å². The molecule has 0 saturated carbocycles. The lowest BCUT2D eigenvalue weighted by molar-refractivity contribution is -0.129. The molecule has 0 radical (unpaired) electrons.